The zero-order valence-corrected chi connectivity index (χ0v) is 48.4. The molecule has 3 unspecified atom stereocenters. The van der Waals surface area contributed by atoms with E-state index in [2.05, 4.69) is 80.4 Å². The summed E-state index contributed by atoms with van der Waals surface area (Å²) in [5.41, 5.74) is 16.0. The summed E-state index contributed by atoms with van der Waals surface area (Å²) < 4.78 is 51.6. The van der Waals surface area contributed by atoms with Gasteiger partial charge >= 0.3 is 0 Å². The van der Waals surface area contributed by atoms with Crippen LogP contribution in [-0.2, 0) is 0 Å². The first kappa shape index (κ1) is 61.4. The highest BCUT2D eigenvalue weighted by Crippen LogP contribution is 2.32. The number of hydrogen-bond donors (Lipinski definition) is 6. The minimum Gasteiger partial charge on any atom is -0.392 e. The van der Waals surface area contributed by atoms with Crippen LogP contribution < -0.4 is 31.9 Å². The summed E-state index contributed by atoms with van der Waals surface area (Å²) in [7, 11) is 0. The van der Waals surface area contributed by atoms with Crippen LogP contribution in [0, 0.1) is 23.3 Å². The number of nitrogens with two attached hydrogens (primary N) is 2. The van der Waals surface area contributed by atoms with Gasteiger partial charge < -0.3 is 42.1 Å². The molecule has 1 aromatic heterocycles. The van der Waals surface area contributed by atoms with Gasteiger partial charge in [0.1, 0.15) is 10.7 Å². The van der Waals surface area contributed by atoms with Gasteiger partial charge in [-0.3, -0.25) is 19.4 Å². The number of likely N-dealkylation sites (tertiary alicyclic amines) is 2. The van der Waals surface area contributed by atoms with Crippen LogP contribution in [0.15, 0.2) is 89.9 Å². The fraction of sp³-hybridized carbons (Fsp3) is 0.426. The summed E-state index contributed by atoms with van der Waals surface area (Å²) in [6, 6.07) is 23.6. The van der Waals surface area contributed by atoms with Crippen molar-refractivity contribution in [3.63, 3.8) is 0 Å². The van der Waals surface area contributed by atoms with Crippen LogP contribution in [0.25, 0.3) is 0 Å². The molecule has 0 spiro atoms. The van der Waals surface area contributed by atoms with Crippen LogP contribution in [0.3, 0.4) is 0 Å². The van der Waals surface area contributed by atoms with Crippen LogP contribution in [0.1, 0.15) is 83.9 Å². The maximum absolute atomic E-state index is 13.5. The van der Waals surface area contributed by atoms with Gasteiger partial charge in [-0.15, -0.1) is 0 Å². The van der Waals surface area contributed by atoms with E-state index >= 15 is 0 Å². The van der Waals surface area contributed by atoms with Gasteiger partial charge in [-0.1, -0.05) is 46.0 Å². The number of β-amino-alcohol motifs (C(OH)–C–C–N with tert-alkyl or cyclic N) is 2. The number of rotatable bonds is 12. The van der Waals surface area contributed by atoms with E-state index in [0.29, 0.717) is 27.5 Å². The van der Waals surface area contributed by atoms with Crippen LogP contribution >= 0.6 is 61.1 Å². The Morgan fingerprint density at radius 1 is 0.740 bits per heavy atom. The first-order valence-electron chi connectivity index (χ1n) is 25.5. The third-order valence-corrected chi connectivity index (χ3v) is 16.1. The Kier molecular flexibility index (Phi) is 23.9. The van der Waals surface area contributed by atoms with E-state index in [0.717, 1.165) is 162 Å². The van der Waals surface area contributed by atoms with Crippen molar-refractivity contribution in [3.05, 3.63) is 124 Å². The molecular formula is C54H68BrF4N10O4PS3. The molecule has 4 fully saturated rings. The minimum absolute atomic E-state index is 0. The fourth-order valence-electron chi connectivity index (χ4n) is 9.74. The lowest BCUT2D eigenvalue weighted by Gasteiger charge is -2.42. The molecule has 5 heterocycles. The molecule has 0 radical (unpaired) electrons. The molecule has 3 atom stereocenters. The Balaban J connectivity index is 0.000000208. The number of benzene rings is 4. The summed E-state index contributed by atoms with van der Waals surface area (Å²) >= 11 is 10.7. The lowest BCUT2D eigenvalue weighted by molar-refractivity contribution is 0.0397. The van der Waals surface area contributed by atoms with Gasteiger partial charge in [0.2, 0.25) is 5.78 Å². The number of ketones is 2. The predicted molar refractivity (Wildman–Crippen MR) is 318 cm³/mol. The molecule has 4 saturated heterocycles. The van der Waals surface area contributed by atoms with Crippen molar-refractivity contribution >= 4 is 117 Å². The van der Waals surface area contributed by atoms with Crippen molar-refractivity contribution in [2.75, 3.05) is 89.6 Å². The lowest BCUT2D eigenvalue weighted by Crippen LogP contribution is -2.49. The number of piperidine rings is 4. The maximum Gasteiger partial charge on any atom is 0.206 e. The number of thiocarbonyl (C=S) groups is 1. The number of amidine groups is 1. The third-order valence-electron chi connectivity index (χ3n) is 13.7. The van der Waals surface area contributed by atoms with Gasteiger partial charge in [0.05, 0.1) is 17.5 Å². The highest BCUT2D eigenvalue weighted by Gasteiger charge is 2.30. The first-order chi connectivity index (χ1) is 36.6. The molecule has 0 saturated carbocycles. The Morgan fingerprint density at radius 3 is 1.69 bits per heavy atom. The number of carbonyl (C=O) groups is 2. The number of Topliss-reactive ketones (excluding diaryl/α,β-unsaturated/α-hetero) is 1. The molecule has 77 heavy (non-hydrogen) atoms. The standard InChI is InChI=1S/C26H29F2N5O2S.C20H31N5OS2.C8H5BrF2O.H3P/c27-21-8-3-16(14-22(21)28)23(35)24-25(29)31-26(36-24)30-17-4-6-18(7-5-17)32-12-9-19(10-13-32)33-11-1-2-20(34)15-33;1-2-28-19(21)23-20(27)22-15-5-7-16(8-6-15)24-12-9-17(10-13-24)25-11-3-4-18(26)14-25;9-4-8(12)5-1-2-6(10)7(11)3-5;/h3-8,14,19-20,34H,1-2,9-13,15,29H2,(H,30,31);5-8,17-18,26H,2-4,9-14H2,1H3,(H3,21,22,23,27);1-3H,4H2;1H3. The number of aliphatic hydroxyl groups excluding tert-OH is 2. The second-order valence-corrected chi connectivity index (χ2v) is 22.2. The minimum atomic E-state index is -1.09. The van der Waals surface area contributed by atoms with Crippen LogP contribution in [-0.4, -0.2) is 135 Å². The fourth-order valence-corrected chi connectivity index (χ4v) is 11.7. The average Bonchev–Trinajstić information content (AvgIpc) is 3.80. The monoisotopic (exact) mass is 1200 g/mol. The Morgan fingerprint density at radius 2 is 1.22 bits per heavy atom. The number of nitrogens with zero attached hydrogens (tertiary/aromatic N) is 6. The molecule has 0 amide bonds. The molecule has 4 aliphatic rings. The lowest BCUT2D eigenvalue weighted by atomic mass is 9.98. The summed E-state index contributed by atoms with van der Waals surface area (Å²) in [5, 5.41) is 27.6. The molecule has 8 N–H and O–H groups in total. The second kappa shape index (κ2) is 30.0. The third kappa shape index (κ3) is 17.9. The number of carbonyl (C=O) groups excluding carboxylic acids is 2. The van der Waals surface area contributed by atoms with Crippen molar-refractivity contribution in [3.8, 4) is 0 Å². The van der Waals surface area contributed by atoms with E-state index in [9.17, 15) is 37.4 Å². The van der Waals surface area contributed by atoms with Crippen LogP contribution in [0.2, 0.25) is 0 Å². The molecule has 0 bridgehead atoms. The van der Waals surface area contributed by atoms with Crippen molar-refractivity contribution < 1.29 is 37.4 Å². The van der Waals surface area contributed by atoms with Gasteiger partial charge in [-0.2, -0.15) is 14.9 Å². The normalized spacial score (nSPS) is 18.7. The van der Waals surface area contributed by atoms with Gasteiger partial charge in [-0.25, -0.2) is 22.5 Å². The summed E-state index contributed by atoms with van der Waals surface area (Å²) in [5.74, 6) is -3.90. The molecule has 4 aromatic carbocycles. The first-order valence-corrected chi connectivity index (χ1v) is 28.8. The Hall–Kier alpha value is -4.77. The van der Waals surface area contributed by atoms with E-state index < -0.39 is 29.1 Å². The van der Waals surface area contributed by atoms with E-state index in [4.69, 9.17) is 23.7 Å². The molecular weight excluding hydrogens is 1140 g/mol. The SMILES string of the molecule is CCSC(N)=NC(=S)Nc1ccc(N2CCC(N3CCCC(O)C3)CC2)cc1.Nc1nc(Nc2ccc(N3CCC(N4CCCC(O)C4)CC3)cc2)sc1C(=O)c1ccc(F)c(F)c1.O=C(CBr)c1ccc(F)c(F)c1.P. The largest absolute Gasteiger partial charge is 0.392 e. The van der Waals surface area contributed by atoms with Gasteiger partial charge in [-0.05, 0) is 167 Å². The average molecular weight is 1200 g/mol. The number of aromatic nitrogens is 1. The van der Waals surface area contributed by atoms with Crippen molar-refractivity contribution in [2.24, 2.45) is 10.7 Å². The van der Waals surface area contributed by atoms with Crippen LogP contribution in [0.5, 0.6) is 0 Å². The highest BCUT2D eigenvalue weighted by atomic mass is 79.9. The molecule has 4 aliphatic heterocycles. The molecule has 9 rings (SSSR count). The number of aliphatic hydroxyl groups is 2. The number of thiazole rings is 1. The number of thioether (sulfide) groups is 1. The second-order valence-electron chi connectivity index (χ2n) is 18.9. The number of hydrogen-bond acceptors (Lipinski definition) is 14. The zero-order valence-electron chi connectivity index (χ0n) is 43.0. The van der Waals surface area contributed by atoms with Crippen LogP contribution in [0.4, 0.5) is 51.3 Å². The Labute approximate surface area is 473 Å². The molecule has 0 aliphatic carbocycles. The van der Waals surface area contributed by atoms with Crippen molar-refractivity contribution in [1.82, 2.24) is 14.8 Å². The van der Waals surface area contributed by atoms with Gasteiger partial charge in [0.15, 0.2) is 44.5 Å². The summed E-state index contributed by atoms with van der Waals surface area (Å²) in [6.07, 6.45) is 8.19. The van der Waals surface area contributed by atoms with E-state index in [1.807, 2.05) is 31.2 Å². The topological polar surface area (TPSA) is 189 Å². The van der Waals surface area contributed by atoms with Gasteiger partial charge in [0.25, 0.3) is 0 Å². The molecule has 23 heteroatoms. The van der Waals surface area contributed by atoms with Crippen molar-refractivity contribution in [1.29, 1.82) is 0 Å². The van der Waals surface area contributed by atoms with E-state index in [1.165, 1.54) is 29.6 Å². The number of alkyl halides is 1. The smallest absolute Gasteiger partial charge is 0.206 e. The van der Waals surface area contributed by atoms with Gasteiger partial charge in [0, 0.05) is 85.2 Å². The van der Waals surface area contributed by atoms with Crippen molar-refractivity contribution in [2.45, 2.75) is 82.6 Å². The highest BCUT2D eigenvalue weighted by molar-refractivity contribution is 9.09. The number of halogens is 5. The number of anilines is 6. The molecule has 14 nitrogen and oxygen atoms in total. The number of nitrogens with one attached hydrogen (secondary N) is 2. The maximum atomic E-state index is 13.5. The summed E-state index contributed by atoms with van der Waals surface area (Å²) in [6.45, 7) is 9.93. The van der Waals surface area contributed by atoms with E-state index in [-0.39, 0.29) is 55.0 Å². The summed E-state index contributed by atoms with van der Waals surface area (Å²) in [4.78, 5) is 42.0. The number of nitrogen functional groups attached to an aromatic ring is 1. The molecule has 5 aromatic rings. The quantitative estimate of drug-likeness (QED) is 0.0132. The zero-order chi connectivity index (χ0) is 54.3. The predicted octanol–water partition coefficient (Wildman–Crippen LogP) is 9.88. The number of aliphatic imine (C=N–C) groups is 1. The Bertz CT molecular complexity index is 2770. The molecule has 416 valence electrons. The van der Waals surface area contributed by atoms with E-state index in [1.54, 1.807) is 0 Å².